The molecule has 0 heterocycles. The standard InChI is InChI=1S/C18H23OSi.Li/c1-15(18(2,3)4)19-20(16-11-7-5-8-12-16)17-13-9-6-10-14-17;/h5-15,20H,1H2,2-4H3;. The van der Waals surface area contributed by atoms with Gasteiger partial charge in [-0.3, -0.25) is 0 Å². The predicted octanol–water partition coefficient (Wildman–Crippen LogP) is 2.54. The van der Waals surface area contributed by atoms with Crippen molar-refractivity contribution in [2.45, 2.75) is 32.0 Å². The van der Waals surface area contributed by atoms with Gasteiger partial charge in [0.2, 0.25) is 0 Å². The Balaban J connectivity index is 2.33. The third-order valence-electron chi connectivity index (χ3n) is 3.84. The Morgan fingerprint density at radius 2 is 1.33 bits per heavy atom. The zero-order chi connectivity index (χ0) is 15.3. The van der Waals surface area contributed by atoms with E-state index in [0.717, 1.165) is 5.09 Å². The summed E-state index contributed by atoms with van der Waals surface area (Å²) in [5, 5.41) is 3.75. The van der Waals surface area contributed by atoms with Crippen molar-refractivity contribution >= 4 is 37.1 Å². The first kappa shape index (κ1) is 16.6. The Morgan fingerprint density at radius 3 is 1.67 bits per heavy atom. The fourth-order valence-electron chi connectivity index (χ4n) is 2.68. The number of rotatable bonds is 5. The molecule has 0 aliphatic rings. The van der Waals surface area contributed by atoms with E-state index in [4.69, 9.17) is 4.43 Å². The third kappa shape index (κ3) is 4.59. The van der Waals surface area contributed by atoms with Crippen molar-refractivity contribution in [3.05, 3.63) is 60.7 Å². The van der Waals surface area contributed by atoms with E-state index >= 15 is 0 Å². The molecule has 2 rings (SSSR count). The third-order valence-corrected chi connectivity index (χ3v) is 6.42. The molecular weight excluding hydrogens is 267 g/mol. The molecule has 2 aromatic rings. The molecule has 1 nitrogen and oxygen atoms in total. The van der Waals surface area contributed by atoms with Gasteiger partial charge >= 0.3 is 140 Å². The Hall–Kier alpha value is -0.786. The van der Waals surface area contributed by atoms with E-state index < -0.39 is 9.04 Å². The molecule has 106 valence electrons. The van der Waals surface area contributed by atoms with Crippen LogP contribution in [0.3, 0.4) is 0 Å². The van der Waals surface area contributed by atoms with Crippen molar-refractivity contribution in [3.63, 3.8) is 0 Å². The van der Waals surface area contributed by atoms with Crippen molar-refractivity contribution in [2.75, 3.05) is 0 Å². The van der Waals surface area contributed by atoms with E-state index in [1.807, 2.05) is 0 Å². The van der Waals surface area contributed by atoms with Crippen LogP contribution in [0.5, 0.6) is 0 Å². The second-order valence-corrected chi connectivity index (χ2v) is 8.97. The summed E-state index contributed by atoms with van der Waals surface area (Å²) < 4.78 is 6.68. The molecule has 0 aromatic heterocycles. The average Bonchev–Trinajstić information content (AvgIpc) is 2.49. The van der Waals surface area contributed by atoms with Gasteiger partial charge in [0.1, 0.15) is 0 Å². The van der Waals surface area contributed by atoms with Gasteiger partial charge in [-0.05, 0) is 0 Å². The van der Waals surface area contributed by atoms with Crippen LogP contribution in [0.2, 0.25) is 5.09 Å². The van der Waals surface area contributed by atoms with Crippen LogP contribution in [0.25, 0.3) is 0 Å². The van der Waals surface area contributed by atoms with Crippen molar-refractivity contribution in [1.29, 1.82) is 0 Å². The summed E-state index contributed by atoms with van der Waals surface area (Å²) in [6, 6.07) is 21.4. The number of benzene rings is 2. The summed E-state index contributed by atoms with van der Waals surface area (Å²) >= 11 is 2.22. The van der Waals surface area contributed by atoms with Crippen molar-refractivity contribution in [1.82, 2.24) is 0 Å². The molecule has 0 saturated carbocycles. The summed E-state index contributed by atoms with van der Waals surface area (Å²) in [6.07, 6.45) is 0.287. The van der Waals surface area contributed by atoms with E-state index in [0.29, 0.717) is 0 Å². The van der Waals surface area contributed by atoms with Crippen LogP contribution in [-0.2, 0) is 4.43 Å². The van der Waals surface area contributed by atoms with Crippen LogP contribution >= 0.6 is 0 Å². The van der Waals surface area contributed by atoms with E-state index in [1.54, 1.807) is 0 Å². The molecule has 0 bridgehead atoms. The molecule has 0 aliphatic carbocycles. The van der Waals surface area contributed by atoms with Gasteiger partial charge in [0, 0.05) is 0 Å². The normalized spacial score (nSPS) is 13.4. The monoisotopic (exact) mass is 290 g/mol. The van der Waals surface area contributed by atoms with E-state index in [1.165, 1.54) is 10.4 Å². The summed E-state index contributed by atoms with van der Waals surface area (Å²) in [7, 11) is -1.63. The SMILES string of the molecule is [Li][CH2]C(O[SiH](c1ccccc1)c1ccccc1)C(C)(C)C. The molecule has 0 fully saturated rings. The maximum absolute atomic E-state index is 6.68. The first-order valence-electron chi connectivity index (χ1n) is 7.77. The number of hydrogen-bond acceptors (Lipinski definition) is 1. The van der Waals surface area contributed by atoms with Gasteiger partial charge < -0.3 is 0 Å². The minimum absolute atomic E-state index is 0.170. The minimum atomic E-state index is -1.63. The van der Waals surface area contributed by atoms with E-state index in [2.05, 4.69) is 99.1 Å². The van der Waals surface area contributed by atoms with Crippen molar-refractivity contribution < 1.29 is 4.43 Å². The molecule has 0 N–H and O–H groups in total. The molecule has 3 heteroatoms. The molecule has 0 amide bonds. The van der Waals surface area contributed by atoms with Gasteiger partial charge in [0.05, 0.1) is 0 Å². The van der Waals surface area contributed by atoms with Gasteiger partial charge in [-0.1, -0.05) is 0 Å². The molecular formula is C18H23LiOSi. The maximum atomic E-state index is 6.68. The van der Waals surface area contributed by atoms with E-state index in [-0.39, 0.29) is 11.5 Å². The summed E-state index contributed by atoms with van der Waals surface area (Å²) in [4.78, 5) is 0. The molecule has 0 spiro atoms. The first-order valence-corrected chi connectivity index (χ1v) is 9.40. The zero-order valence-corrected chi connectivity index (χ0v) is 14.7. The van der Waals surface area contributed by atoms with Gasteiger partial charge in [0.25, 0.3) is 0 Å². The summed E-state index contributed by atoms with van der Waals surface area (Å²) in [5.74, 6) is 0. The van der Waals surface area contributed by atoms with Gasteiger partial charge in [-0.15, -0.1) is 0 Å². The van der Waals surface area contributed by atoms with Crippen molar-refractivity contribution in [2.24, 2.45) is 5.41 Å². The van der Waals surface area contributed by atoms with Gasteiger partial charge in [0.15, 0.2) is 0 Å². The molecule has 21 heavy (non-hydrogen) atoms. The fraction of sp³-hybridized carbons (Fsp3) is 0.333. The Kier molecular flexibility index (Phi) is 5.90. The van der Waals surface area contributed by atoms with Crippen LogP contribution < -0.4 is 10.4 Å². The molecule has 0 aliphatic heterocycles. The molecule has 0 radical (unpaired) electrons. The Bertz CT molecular complexity index is 497. The first-order chi connectivity index (χ1) is 10.0. The van der Waals surface area contributed by atoms with Crippen LogP contribution in [0, 0.1) is 5.41 Å². The van der Waals surface area contributed by atoms with Crippen LogP contribution in [0.4, 0.5) is 0 Å². The fourth-order valence-corrected chi connectivity index (χ4v) is 5.45. The Morgan fingerprint density at radius 1 is 0.905 bits per heavy atom. The van der Waals surface area contributed by atoms with Gasteiger partial charge in [-0.2, -0.15) is 0 Å². The molecule has 1 atom stereocenters. The van der Waals surface area contributed by atoms with E-state index in [9.17, 15) is 0 Å². The Labute approximate surface area is 139 Å². The zero-order valence-electron chi connectivity index (χ0n) is 13.5. The summed E-state index contributed by atoms with van der Waals surface area (Å²) in [6.45, 7) is 6.80. The topological polar surface area (TPSA) is 9.23 Å². The number of hydrogen-bond donors (Lipinski definition) is 0. The quantitative estimate of drug-likeness (QED) is 0.769. The van der Waals surface area contributed by atoms with Gasteiger partial charge in [-0.25, -0.2) is 0 Å². The summed E-state index contributed by atoms with van der Waals surface area (Å²) in [5.41, 5.74) is 0.170. The van der Waals surface area contributed by atoms with Crippen molar-refractivity contribution in [3.8, 4) is 0 Å². The second kappa shape index (κ2) is 7.47. The van der Waals surface area contributed by atoms with Crippen LogP contribution in [-0.4, -0.2) is 32.9 Å². The predicted molar refractivity (Wildman–Crippen MR) is 94.2 cm³/mol. The molecule has 2 aromatic carbocycles. The second-order valence-electron chi connectivity index (χ2n) is 6.60. The molecule has 0 saturated heterocycles. The van der Waals surface area contributed by atoms with Crippen LogP contribution in [0.1, 0.15) is 20.8 Å². The van der Waals surface area contributed by atoms with Crippen LogP contribution in [0.15, 0.2) is 60.7 Å². The molecule has 1 unspecified atom stereocenters. The average molecular weight is 290 g/mol.